The van der Waals surface area contributed by atoms with Crippen LogP contribution in [0.1, 0.15) is 23.2 Å². The molecule has 1 fully saturated rings. The molecule has 1 aliphatic rings. The van der Waals surface area contributed by atoms with Crippen molar-refractivity contribution in [2.45, 2.75) is 12.8 Å². The van der Waals surface area contributed by atoms with Crippen molar-refractivity contribution >= 4 is 17.4 Å². The molecule has 0 unspecified atom stereocenters. The molecule has 24 heavy (non-hydrogen) atoms. The van der Waals surface area contributed by atoms with E-state index in [4.69, 9.17) is 0 Å². The summed E-state index contributed by atoms with van der Waals surface area (Å²) >= 11 is 0. The van der Waals surface area contributed by atoms with Gasteiger partial charge in [-0.25, -0.2) is 0 Å². The zero-order valence-corrected chi connectivity index (χ0v) is 13.7. The van der Waals surface area contributed by atoms with Crippen LogP contribution in [0, 0.1) is 5.92 Å². The highest BCUT2D eigenvalue weighted by Crippen LogP contribution is 2.21. The summed E-state index contributed by atoms with van der Waals surface area (Å²) in [5, 5.41) is 2.90. The van der Waals surface area contributed by atoms with Crippen molar-refractivity contribution in [2.75, 3.05) is 25.0 Å². The molecule has 0 spiro atoms. The highest BCUT2D eigenvalue weighted by atomic mass is 16.2. The standard InChI is InChI=1S/C20H22N2O2/c23-19(21-18-9-5-2-6-10-18)15-22-13-11-17(12-14-22)20(24)16-7-3-1-4-8-16/h1-10,17H,11-15H2,(H,21,23). The minimum absolute atomic E-state index is 0.00552. The Morgan fingerprint density at radius 1 is 0.917 bits per heavy atom. The first-order chi connectivity index (χ1) is 11.7. The van der Waals surface area contributed by atoms with Gasteiger partial charge in [0.2, 0.25) is 5.91 Å². The highest BCUT2D eigenvalue weighted by Gasteiger charge is 2.26. The fraction of sp³-hybridized carbons (Fsp3) is 0.300. The molecule has 1 heterocycles. The van der Waals surface area contributed by atoms with Gasteiger partial charge in [0.25, 0.3) is 0 Å². The average molecular weight is 322 g/mol. The lowest BCUT2D eigenvalue weighted by Gasteiger charge is -2.30. The average Bonchev–Trinajstić information content (AvgIpc) is 2.63. The molecule has 2 aromatic rings. The lowest BCUT2D eigenvalue weighted by atomic mass is 9.89. The molecule has 0 atom stereocenters. The Morgan fingerprint density at radius 2 is 1.50 bits per heavy atom. The SMILES string of the molecule is O=C(CN1CCC(C(=O)c2ccccc2)CC1)Nc1ccccc1. The minimum Gasteiger partial charge on any atom is -0.325 e. The molecule has 0 bridgehead atoms. The number of carbonyl (C=O) groups is 2. The molecule has 1 aliphatic heterocycles. The van der Waals surface area contributed by atoms with Crippen LogP contribution in [0.3, 0.4) is 0 Å². The van der Waals surface area contributed by atoms with Gasteiger partial charge in [0, 0.05) is 17.2 Å². The Bertz CT molecular complexity index is 677. The first kappa shape index (κ1) is 16.4. The van der Waals surface area contributed by atoms with E-state index in [2.05, 4.69) is 10.2 Å². The molecule has 2 aromatic carbocycles. The van der Waals surface area contributed by atoms with Gasteiger partial charge in [-0.3, -0.25) is 14.5 Å². The molecule has 1 amide bonds. The van der Waals surface area contributed by atoms with E-state index in [9.17, 15) is 9.59 Å². The molecular weight excluding hydrogens is 300 g/mol. The van der Waals surface area contributed by atoms with E-state index in [1.165, 1.54) is 0 Å². The predicted molar refractivity (Wildman–Crippen MR) is 95.0 cm³/mol. The van der Waals surface area contributed by atoms with Gasteiger partial charge in [0.05, 0.1) is 6.54 Å². The maximum absolute atomic E-state index is 12.5. The maximum Gasteiger partial charge on any atom is 0.238 e. The monoisotopic (exact) mass is 322 g/mol. The second kappa shape index (κ2) is 7.88. The fourth-order valence-electron chi connectivity index (χ4n) is 3.12. The van der Waals surface area contributed by atoms with Crippen molar-refractivity contribution in [3.05, 3.63) is 66.2 Å². The smallest absolute Gasteiger partial charge is 0.238 e. The summed E-state index contributed by atoms with van der Waals surface area (Å²) in [4.78, 5) is 26.7. The number of Topliss-reactive ketones (excluding diaryl/α,β-unsaturated/α-hetero) is 1. The van der Waals surface area contributed by atoms with Gasteiger partial charge in [-0.1, -0.05) is 48.5 Å². The largest absolute Gasteiger partial charge is 0.325 e. The fourth-order valence-corrected chi connectivity index (χ4v) is 3.12. The molecule has 4 heteroatoms. The molecule has 124 valence electrons. The first-order valence-electron chi connectivity index (χ1n) is 8.39. The second-order valence-corrected chi connectivity index (χ2v) is 6.19. The summed E-state index contributed by atoms with van der Waals surface area (Å²) in [7, 11) is 0. The maximum atomic E-state index is 12.5. The van der Waals surface area contributed by atoms with Crippen molar-refractivity contribution in [1.29, 1.82) is 0 Å². The number of likely N-dealkylation sites (tertiary alicyclic amines) is 1. The zero-order chi connectivity index (χ0) is 16.8. The van der Waals surface area contributed by atoms with Gasteiger partial charge in [-0.15, -0.1) is 0 Å². The Morgan fingerprint density at radius 3 is 2.12 bits per heavy atom. The molecule has 1 N–H and O–H groups in total. The van der Waals surface area contributed by atoms with E-state index in [0.29, 0.717) is 6.54 Å². The van der Waals surface area contributed by atoms with E-state index in [-0.39, 0.29) is 17.6 Å². The number of benzene rings is 2. The predicted octanol–water partition coefficient (Wildman–Crippen LogP) is 3.22. The Kier molecular flexibility index (Phi) is 5.39. The van der Waals surface area contributed by atoms with Crippen LogP contribution in [-0.2, 0) is 4.79 Å². The van der Waals surface area contributed by atoms with Crippen LogP contribution in [0.2, 0.25) is 0 Å². The quantitative estimate of drug-likeness (QED) is 0.860. The number of piperidine rings is 1. The molecule has 0 aromatic heterocycles. The third-order valence-corrected chi connectivity index (χ3v) is 4.44. The van der Waals surface area contributed by atoms with Crippen LogP contribution in [0.25, 0.3) is 0 Å². The number of anilines is 1. The normalized spacial score (nSPS) is 15.8. The molecule has 0 radical (unpaired) electrons. The van der Waals surface area contributed by atoms with Crippen LogP contribution in [-0.4, -0.2) is 36.2 Å². The summed E-state index contributed by atoms with van der Waals surface area (Å²) in [6.07, 6.45) is 1.62. The summed E-state index contributed by atoms with van der Waals surface area (Å²) in [5.74, 6) is 0.291. The number of para-hydroxylation sites is 1. The Hall–Kier alpha value is -2.46. The minimum atomic E-state index is -0.00552. The van der Waals surface area contributed by atoms with Gasteiger partial charge in [0.1, 0.15) is 0 Å². The topological polar surface area (TPSA) is 49.4 Å². The number of carbonyl (C=O) groups excluding carboxylic acids is 2. The number of hydrogen-bond acceptors (Lipinski definition) is 3. The van der Waals surface area contributed by atoms with Crippen molar-refractivity contribution < 1.29 is 9.59 Å². The van der Waals surface area contributed by atoms with E-state index >= 15 is 0 Å². The Labute approximate surface area is 142 Å². The van der Waals surface area contributed by atoms with Crippen molar-refractivity contribution in [3.8, 4) is 0 Å². The molecule has 0 aliphatic carbocycles. The molecule has 1 saturated heterocycles. The third-order valence-electron chi connectivity index (χ3n) is 4.44. The molecule has 0 saturated carbocycles. The van der Waals surface area contributed by atoms with Gasteiger partial charge >= 0.3 is 0 Å². The van der Waals surface area contributed by atoms with Crippen molar-refractivity contribution in [1.82, 2.24) is 4.90 Å². The first-order valence-corrected chi connectivity index (χ1v) is 8.39. The number of ketones is 1. The zero-order valence-electron chi connectivity index (χ0n) is 13.7. The van der Waals surface area contributed by atoms with Crippen LogP contribution >= 0.6 is 0 Å². The summed E-state index contributed by atoms with van der Waals surface area (Å²) < 4.78 is 0. The van der Waals surface area contributed by atoms with Gasteiger partial charge in [-0.2, -0.15) is 0 Å². The molecule has 4 nitrogen and oxygen atoms in total. The van der Waals surface area contributed by atoms with Gasteiger partial charge in [-0.05, 0) is 38.1 Å². The molecule has 3 rings (SSSR count). The summed E-state index contributed by atoms with van der Waals surface area (Å²) in [5.41, 5.74) is 1.61. The van der Waals surface area contributed by atoms with Crippen LogP contribution in [0.15, 0.2) is 60.7 Å². The van der Waals surface area contributed by atoms with Gasteiger partial charge in [0.15, 0.2) is 5.78 Å². The molecular formula is C20H22N2O2. The number of nitrogens with one attached hydrogen (secondary N) is 1. The number of hydrogen-bond donors (Lipinski definition) is 1. The second-order valence-electron chi connectivity index (χ2n) is 6.19. The van der Waals surface area contributed by atoms with E-state index in [1.54, 1.807) is 0 Å². The van der Waals surface area contributed by atoms with Crippen LogP contribution < -0.4 is 5.32 Å². The van der Waals surface area contributed by atoms with E-state index < -0.39 is 0 Å². The van der Waals surface area contributed by atoms with Gasteiger partial charge < -0.3 is 5.32 Å². The van der Waals surface area contributed by atoms with E-state index in [0.717, 1.165) is 37.2 Å². The number of rotatable bonds is 5. The summed E-state index contributed by atoms with van der Waals surface area (Å²) in [6.45, 7) is 1.94. The lowest BCUT2D eigenvalue weighted by molar-refractivity contribution is -0.117. The summed E-state index contributed by atoms with van der Waals surface area (Å²) in [6, 6.07) is 18.9. The van der Waals surface area contributed by atoms with E-state index in [1.807, 2.05) is 60.7 Å². The number of nitrogens with zero attached hydrogens (tertiary/aromatic N) is 1. The van der Waals surface area contributed by atoms with Crippen molar-refractivity contribution in [3.63, 3.8) is 0 Å². The third kappa shape index (κ3) is 4.30. The number of amides is 1. The van der Waals surface area contributed by atoms with Crippen LogP contribution in [0.4, 0.5) is 5.69 Å². The lowest BCUT2D eigenvalue weighted by Crippen LogP contribution is -2.40. The van der Waals surface area contributed by atoms with Crippen LogP contribution in [0.5, 0.6) is 0 Å². The van der Waals surface area contributed by atoms with Crippen molar-refractivity contribution in [2.24, 2.45) is 5.92 Å². The highest BCUT2D eigenvalue weighted by molar-refractivity contribution is 5.98. The Balaban J connectivity index is 1.47.